The van der Waals surface area contributed by atoms with E-state index in [0.29, 0.717) is 13.2 Å². The molecule has 1 rings (SSSR count). The van der Waals surface area contributed by atoms with Gasteiger partial charge in [0.25, 0.3) is 0 Å². The molecular formula is C12H18N2O2. The molecule has 0 aliphatic carbocycles. The molecule has 1 aromatic rings. The highest BCUT2D eigenvalue weighted by Gasteiger charge is 2.32. The lowest BCUT2D eigenvalue weighted by atomic mass is 9.91. The van der Waals surface area contributed by atoms with Crippen LogP contribution in [0.3, 0.4) is 0 Å². The molecular weight excluding hydrogens is 204 g/mol. The monoisotopic (exact) mass is 222 g/mol. The zero-order chi connectivity index (χ0) is 12.0. The summed E-state index contributed by atoms with van der Waals surface area (Å²) in [6, 6.07) is 9.43. The van der Waals surface area contributed by atoms with Gasteiger partial charge in [0, 0.05) is 13.7 Å². The summed E-state index contributed by atoms with van der Waals surface area (Å²) in [7, 11) is 1.62. The molecule has 0 aromatic heterocycles. The molecule has 0 radical (unpaired) electrons. The van der Waals surface area contributed by atoms with Gasteiger partial charge in [-0.05, 0) is 12.5 Å². The van der Waals surface area contributed by atoms with Gasteiger partial charge in [-0.15, -0.1) is 0 Å². The topological polar surface area (TPSA) is 64.3 Å². The summed E-state index contributed by atoms with van der Waals surface area (Å²) in [5, 5.41) is 3.11. The Bertz CT molecular complexity index is 340. The van der Waals surface area contributed by atoms with E-state index in [1.54, 1.807) is 14.0 Å². The van der Waals surface area contributed by atoms with Crippen molar-refractivity contribution in [3.05, 3.63) is 35.9 Å². The third kappa shape index (κ3) is 2.81. The van der Waals surface area contributed by atoms with Gasteiger partial charge < -0.3 is 10.5 Å². The van der Waals surface area contributed by atoms with E-state index in [4.69, 9.17) is 10.5 Å². The first-order valence-corrected chi connectivity index (χ1v) is 5.20. The molecule has 0 spiro atoms. The fourth-order valence-corrected chi connectivity index (χ4v) is 1.51. The highest BCUT2D eigenvalue weighted by Crippen LogP contribution is 2.19. The van der Waals surface area contributed by atoms with Crippen LogP contribution in [0.1, 0.15) is 12.5 Å². The summed E-state index contributed by atoms with van der Waals surface area (Å²) in [4.78, 5) is 11.5. The van der Waals surface area contributed by atoms with Crippen molar-refractivity contribution in [3.63, 3.8) is 0 Å². The van der Waals surface area contributed by atoms with Crippen molar-refractivity contribution in [2.75, 3.05) is 20.3 Å². The number of hydrogen-bond acceptors (Lipinski definition) is 3. The zero-order valence-electron chi connectivity index (χ0n) is 9.69. The second kappa shape index (κ2) is 5.63. The SMILES string of the molecule is COCCNC(C)(C(N)=O)c1ccccc1. The van der Waals surface area contributed by atoms with Gasteiger partial charge >= 0.3 is 0 Å². The lowest BCUT2D eigenvalue weighted by molar-refractivity contribution is -0.124. The number of ether oxygens (including phenoxy) is 1. The van der Waals surface area contributed by atoms with Crippen LogP contribution < -0.4 is 11.1 Å². The van der Waals surface area contributed by atoms with E-state index in [-0.39, 0.29) is 0 Å². The predicted molar refractivity (Wildman–Crippen MR) is 62.9 cm³/mol. The molecule has 88 valence electrons. The summed E-state index contributed by atoms with van der Waals surface area (Å²) in [5.74, 6) is -0.394. The molecule has 0 bridgehead atoms. The standard InChI is InChI=1S/C12H18N2O2/c1-12(11(13)15,14-8-9-16-2)10-6-4-3-5-7-10/h3-7,14H,8-9H2,1-2H3,(H2,13,15). The summed E-state index contributed by atoms with van der Waals surface area (Å²) < 4.78 is 4.94. The normalized spacial score (nSPS) is 14.4. The maximum Gasteiger partial charge on any atom is 0.242 e. The third-order valence-corrected chi connectivity index (χ3v) is 2.63. The minimum Gasteiger partial charge on any atom is -0.383 e. The largest absolute Gasteiger partial charge is 0.383 e. The highest BCUT2D eigenvalue weighted by molar-refractivity contribution is 5.85. The summed E-state index contributed by atoms with van der Waals surface area (Å²) in [6.45, 7) is 2.89. The van der Waals surface area contributed by atoms with Crippen molar-refractivity contribution in [2.24, 2.45) is 5.73 Å². The number of methoxy groups -OCH3 is 1. The molecule has 1 unspecified atom stereocenters. The molecule has 1 atom stereocenters. The van der Waals surface area contributed by atoms with E-state index < -0.39 is 11.4 Å². The van der Waals surface area contributed by atoms with Crippen LogP contribution in [-0.2, 0) is 15.1 Å². The van der Waals surface area contributed by atoms with Crippen molar-refractivity contribution < 1.29 is 9.53 Å². The maximum atomic E-state index is 11.5. The third-order valence-electron chi connectivity index (χ3n) is 2.63. The first-order chi connectivity index (χ1) is 7.61. The van der Waals surface area contributed by atoms with Crippen LogP contribution in [0.15, 0.2) is 30.3 Å². The molecule has 0 aliphatic heterocycles. The van der Waals surface area contributed by atoms with Crippen molar-refractivity contribution in [1.29, 1.82) is 0 Å². The van der Waals surface area contributed by atoms with E-state index >= 15 is 0 Å². The Hall–Kier alpha value is -1.39. The number of nitrogens with two attached hydrogens (primary N) is 1. The number of benzene rings is 1. The van der Waals surface area contributed by atoms with Gasteiger partial charge in [-0.1, -0.05) is 30.3 Å². The van der Waals surface area contributed by atoms with E-state index in [1.165, 1.54) is 0 Å². The average molecular weight is 222 g/mol. The molecule has 1 amide bonds. The quantitative estimate of drug-likeness (QED) is 0.694. The molecule has 1 aromatic carbocycles. The Labute approximate surface area is 95.8 Å². The molecule has 16 heavy (non-hydrogen) atoms. The second-order valence-corrected chi connectivity index (χ2v) is 3.77. The second-order valence-electron chi connectivity index (χ2n) is 3.77. The fraction of sp³-hybridized carbons (Fsp3) is 0.417. The van der Waals surface area contributed by atoms with Crippen LogP contribution in [-0.4, -0.2) is 26.2 Å². The lowest BCUT2D eigenvalue weighted by Crippen LogP contribution is -2.51. The van der Waals surface area contributed by atoms with E-state index in [9.17, 15) is 4.79 Å². The average Bonchev–Trinajstić information content (AvgIpc) is 2.30. The Balaban J connectivity index is 2.85. The van der Waals surface area contributed by atoms with Gasteiger partial charge in [0.1, 0.15) is 5.54 Å². The number of amides is 1. The van der Waals surface area contributed by atoms with Crippen LogP contribution in [0.4, 0.5) is 0 Å². The van der Waals surface area contributed by atoms with Crippen LogP contribution in [0.5, 0.6) is 0 Å². The maximum absolute atomic E-state index is 11.5. The minimum absolute atomic E-state index is 0.394. The van der Waals surface area contributed by atoms with E-state index in [2.05, 4.69) is 5.32 Å². The smallest absolute Gasteiger partial charge is 0.242 e. The number of carbonyl (C=O) groups is 1. The van der Waals surface area contributed by atoms with Gasteiger partial charge in [-0.25, -0.2) is 0 Å². The molecule has 0 saturated heterocycles. The summed E-state index contributed by atoms with van der Waals surface area (Å²) >= 11 is 0. The van der Waals surface area contributed by atoms with Crippen molar-refractivity contribution in [1.82, 2.24) is 5.32 Å². The Morgan fingerprint density at radius 2 is 2.06 bits per heavy atom. The molecule has 0 fully saturated rings. The lowest BCUT2D eigenvalue weighted by Gasteiger charge is -2.28. The molecule has 4 nitrogen and oxygen atoms in total. The van der Waals surface area contributed by atoms with Crippen LogP contribution in [0, 0.1) is 0 Å². The predicted octanol–water partition coefficient (Wildman–Crippen LogP) is 0.623. The van der Waals surface area contributed by atoms with Gasteiger partial charge in [0.15, 0.2) is 0 Å². The van der Waals surface area contributed by atoms with Crippen LogP contribution in [0.2, 0.25) is 0 Å². The van der Waals surface area contributed by atoms with E-state index in [1.807, 2.05) is 30.3 Å². The highest BCUT2D eigenvalue weighted by atomic mass is 16.5. The summed E-state index contributed by atoms with van der Waals surface area (Å²) in [5.41, 5.74) is 5.46. The van der Waals surface area contributed by atoms with Crippen LogP contribution in [0.25, 0.3) is 0 Å². The Morgan fingerprint density at radius 3 is 2.56 bits per heavy atom. The van der Waals surface area contributed by atoms with Crippen molar-refractivity contribution >= 4 is 5.91 Å². The first kappa shape index (κ1) is 12.7. The van der Waals surface area contributed by atoms with Gasteiger partial charge in [-0.2, -0.15) is 0 Å². The molecule has 0 saturated carbocycles. The zero-order valence-corrected chi connectivity index (χ0v) is 9.69. The van der Waals surface area contributed by atoms with E-state index in [0.717, 1.165) is 5.56 Å². The molecule has 0 aliphatic rings. The van der Waals surface area contributed by atoms with Crippen molar-refractivity contribution in [2.45, 2.75) is 12.5 Å². The Morgan fingerprint density at radius 1 is 1.44 bits per heavy atom. The number of hydrogen-bond donors (Lipinski definition) is 2. The molecule has 4 heteroatoms. The number of nitrogens with one attached hydrogen (secondary N) is 1. The molecule has 3 N–H and O–H groups in total. The fourth-order valence-electron chi connectivity index (χ4n) is 1.51. The van der Waals surface area contributed by atoms with Gasteiger partial charge in [0.05, 0.1) is 6.61 Å². The number of carbonyl (C=O) groups excluding carboxylic acids is 1. The first-order valence-electron chi connectivity index (χ1n) is 5.20. The van der Waals surface area contributed by atoms with Crippen molar-refractivity contribution in [3.8, 4) is 0 Å². The number of primary amides is 1. The summed E-state index contributed by atoms with van der Waals surface area (Å²) in [6.07, 6.45) is 0. The van der Waals surface area contributed by atoms with Gasteiger partial charge in [-0.3, -0.25) is 10.1 Å². The van der Waals surface area contributed by atoms with Crippen LogP contribution >= 0.6 is 0 Å². The van der Waals surface area contributed by atoms with Gasteiger partial charge in [0.2, 0.25) is 5.91 Å². The Kier molecular flexibility index (Phi) is 4.46. The minimum atomic E-state index is -0.847. The number of rotatable bonds is 6. The molecule has 0 heterocycles.